The number of hydrogen-bond acceptors (Lipinski definition) is 4. The number of nitro benzene ring substituents is 1. The number of benzene rings is 1. The van der Waals surface area contributed by atoms with Crippen LogP contribution in [0.15, 0.2) is 18.2 Å². The lowest BCUT2D eigenvalue weighted by Crippen LogP contribution is -2.44. The second kappa shape index (κ2) is 8.31. The molecule has 122 valence electrons. The number of carbonyl (C=O) groups is 1. The molecule has 8 heteroatoms. The molecule has 2 unspecified atom stereocenters. The van der Waals surface area contributed by atoms with Gasteiger partial charge in [0, 0.05) is 17.1 Å². The summed E-state index contributed by atoms with van der Waals surface area (Å²) in [6, 6.07) is 3.94. The lowest BCUT2D eigenvalue weighted by molar-refractivity contribution is -0.385. The van der Waals surface area contributed by atoms with Crippen LogP contribution in [0.4, 0.5) is 5.69 Å². The van der Waals surface area contributed by atoms with Gasteiger partial charge in [0.05, 0.1) is 4.92 Å². The first-order valence-corrected chi connectivity index (χ1v) is 7.32. The van der Waals surface area contributed by atoms with Gasteiger partial charge in [0.2, 0.25) is 0 Å². The van der Waals surface area contributed by atoms with E-state index < -0.39 is 10.8 Å². The quantitative estimate of drug-likeness (QED) is 0.647. The van der Waals surface area contributed by atoms with Crippen LogP contribution >= 0.6 is 24.0 Å². The summed E-state index contributed by atoms with van der Waals surface area (Å²) in [5.41, 5.74) is -0.228. The summed E-state index contributed by atoms with van der Waals surface area (Å²) < 4.78 is 0. The molecule has 0 spiro atoms. The third kappa shape index (κ3) is 4.56. The predicted molar refractivity (Wildman–Crippen MR) is 87.9 cm³/mol. The molecular formula is C14H19Cl2N3O3. The molecule has 1 aromatic rings. The highest BCUT2D eigenvalue weighted by Crippen LogP contribution is 2.23. The maximum Gasteiger partial charge on any atom is 0.282 e. The van der Waals surface area contributed by atoms with Crippen LogP contribution in [-0.2, 0) is 0 Å². The first kappa shape index (κ1) is 18.7. The maximum atomic E-state index is 12.3. The van der Waals surface area contributed by atoms with Gasteiger partial charge in [-0.2, -0.15) is 0 Å². The predicted octanol–water partition coefficient (Wildman–Crippen LogP) is 2.79. The first-order valence-electron chi connectivity index (χ1n) is 6.94. The zero-order valence-corrected chi connectivity index (χ0v) is 13.7. The minimum atomic E-state index is -0.571. The van der Waals surface area contributed by atoms with E-state index in [2.05, 4.69) is 10.6 Å². The summed E-state index contributed by atoms with van der Waals surface area (Å²) >= 11 is 5.84. The molecule has 0 bridgehead atoms. The van der Waals surface area contributed by atoms with E-state index in [4.69, 9.17) is 11.6 Å². The van der Waals surface area contributed by atoms with Crippen LogP contribution in [0, 0.1) is 16.0 Å². The lowest BCUT2D eigenvalue weighted by Gasteiger charge is -2.28. The Hall–Kier alpha value is -1.37. The average molecular weight is 348 g/mol. The molecule has 2 N–H and O–H groups in total. The second-order valence-corrected chi connectivity index (χ2v) is 5.72. The van der Waals surface area contributed by atoms with E-state index in [-0.39, 0.29) is 29.7 Å². The highest BCUT2D eigenvalue weighted by Gasteiger charge is 2.25. The monoisotopic (exact) mass is 347 g/mol. The molecule has 2 atom stereocenters. The minimum Gasteiger partial charge on any atom is -0.349 e. The van der Waals surface area contributed by atoms with E-state index in [1.807, 2.05) is 6.92 Å². The van der Waals surface area contributed by atoms with Crippen molar-refractivity contribution >= 4 is 35.6 Å². The van der Waals surface area contributed by atoms with E-state index in [1.165, 1.54) is 18.2 Å². The molecule has 22 heavy (non-hydrogen) atoms. The Morgan fingerprint density at radius 3 is 2.86 bits per heavy atom. The van der Waals surface area contributed by atoms with Crippen molar-refractivity contribution in [3.05, 3.63) is 38.9 Å². The molecule has 6 nitrogen and oxygen atoms in total. The largest absolute Gasteiger partial charge is 0.349 e. The number of amides is 1. The summed E-state index contributed by atoms with van der Waals surface area (Å²) in [6.45, 7) is 3.77. The third-order valence-corrected chi connectivity index (χ3v) is 4.04. The Morgan fingerprint density at radius 1 is 1.55 bits per heavy atom. The van der Waals surface area contributed by atoms with Crippen molar-refractivity contribution in [2.24, 2.45) is 5.92 Å². The molecule has 1 aromatic carbocycles. The topological polar surface area (TPSA) is 84.3 Å². The molecule has 1 fully saturated rings. The van der Waals surface area contributed by atoms with E-state index in [1.54, 1.807) is 0 Å². The molecule has 1 aliphatic heterocycles. The molecule has 1 aliphatic rings. The summed E-state index contributed by atoms with van der Waals surface area (Å²) in [4.78, 5) is 22.7. The van der Waals surface area contributed by atoms with Crippen molar-refractivity contribution in [1.82, 2.24) is 10.6 Å². The van der Waals surface area contributed by atoms with E-state index >= 15 is 0 Å². The maximum absolute atomic E-state index is 12.3. The van der Waals surface area contributed by atoms with Crippen LogP contribution in [0.2, 0.25) is 5.02 Å². The van der Waals surface area contributed by atoms with Gasteiger partial charge >= 0.3 is 0 Å². The van der Waals surface area contributed by atoms with Crippen molar-refractivity contribution in [3.8, 4) is 0 Å². The van der Waals surface area contributed by atoms with Crippen LogP contribution in [0.5, 0.6) is 0 Å². The molecule has 2 rings (SSSR count). The normalized spacial score (nSPS) is 18.9. The molecule has 0 aliphatic carbocycles. The highest BCUT2D eigenvalue weighted by atomic mass is 35.5. The molecule has 1 heterocycles. The fourth-order valence-electron chi connectivity index (χ4n) is 2.56. The van der Waals surface area contributed by atoms with Gasteiger partial charge in [-0.1, -0.05) is 11.6 Å². The van der Waals surface area contributed by atoms with Gasteiger partial charge in [0.15, 0.2) is 0 Å². The number of carbonyl (C=O) groups excluding carboxylic acids is 1. The van der Waals surface area contributed by atoms with Crippen LogP contribution < -0.4 is 10.6 Å². The van der Waals surface area contributed by atoms with Crippen molar-refractivity contribution in [3.63, 3.8) is 0 Å². The van der Waals surface area contributed by atoms with Crippen molar-refractivity contribution < 1.29 is 9.72 Å². The van der Waals surface area contributed by atoms with Gasteiger partial charge < -0.3 is 10.6 Å². The molecule has 1 amide bonds. The van der Waals surface area contributed by atoms with Crippen molar-refractivity contribution in [2.45, 2.75) is 25.8 Å². The van der Waals surface area contributed by atoms with Crippen LogP contribution in [0.25, 0.3) is 0 Å². The molecule has 1 saturated heterocycles. The Kier molecular flexibility index (Phi) is 7.06. The zero-order chi connectivity index (χ0) is 15.4. The van der Waals surface area contributed by atoms with Crippen molar-refractivity contribution in [1.29, 1.82) is 0 Å². The van der Waals surface area contributed by atoms with Gasteiger partial charge in [-0.15, -0.1) is 12.4 Å². The van der Waals surface area contributed by atoms with Gasteiger partial charge in [0.1, 0.15) is 5.56 Å². The van der Waals surface area contributed by atoms with E-state index in [0.29, 0.717) is 10.9 Å². The number of hydrogen-bond donors (Lipinski definition) is 2. The number of piperidine rings is 1. The minimum absolute atomic E-state index is 0. The SMILES string of the molecule is CC(NC(=O)c1cc(Cl)ccc1[N+](=O)[O-])C1CCCNC1.Cl. The Bertz CT molecular complexity index is 548. The molecule has 0 radical (unpaired) electrons. The standard InChI is InChI=1S/C14H18ClN3O3.ClH/c1-9(10-3-2-6-16-8-10)17-14(19)12-7-11(15)4-5-13(12)18(20)21;/h4-5,7,9-10,16H,2-3,6,8H2,1H3,(H,17,19);1H. The van der Waals surface area contributed by atoms with E-state index in [0.717, 1.165) is 25.9 Å². The Morgan fingerprint density at radius 2 is 2.27 bits per heavy atom. The smallest absolute Gasteiger partial charge is 0.282 e. The fraction of sp³-hybridized carbons (Fsp3) is 0.500. The summed E-state index contributed by atoms with van der Waals surface area (Å²) in [5.74, 6) is -0.122. The molecule has 0 aromatic heterocycles. The van der Waals surface area contributed by atoms with Crippen LogP contribution in [-0.4, -0.2) is 30.0 Å². The van der Waals surface area contributed by atoms with E-state index in [9.17, 15) is 14.9 Å². The number of rotatable bonds is 4. The average Bonchev–Trinajstić information content (AvgIpc) is 2.47. The lowest BCUT2D eigenvalue weighted by atomic mass is 9.92. The number of nitrogens with one attached hydrogen (secondary N) is 2. The van der Waals surface area contributed by atoms with Crippen molar-refractivity contribution in [2.75, 3.05) is 13.1 Å². The zero-order valence-electron chi connectivity index (χ0n) is 12.2. The van der Waals surface area contributed by atoms with Crippen LogP contribution in [0.3, 0.4) is 0 Å². The summed E-state index contributed by atoms with van der Waals surface area (Å²) in [5, 5.41) is 17.4. The number of nitrogens with zero attached hydrogens (tertiary/aromatic N) is 1. The van der Waals surface area contributed by atoms with Gasteiger partial charge in [0.25, 0.3) is 11.6 Å². The Balaban J connectivity index is 0.00000242. The second-order valence-electron chi connectivity index (χ2n) is 5.29. The molecule has 0 saturated carbocycles. The number of halogens is 2. The number of nitro groups is 1. The first-order chi connectivity index (χ1) is 9.99. The highest BCUT2D eigenvalue weighted by molar-refractivity contribution is 6.31. The summed E-state index contributed by atoms with van der Waals surface area (Å²) in [6.07, 6.45) is 2.11. The Labute approximate surface area is 140 Å². The van der Waals surface area contributed by atoms with Gasteiger partial charge in [-0.25, -0.2) is 0 Å². The third-order valence-electron chi connectivity index (χ3n) is 3.80. The van der Waals surface area contributed by atoms with Gasteiger partial charge in [-0.05, 0) is 50.9 Å². The summed E-state index contributed by atoms with van der Waals surface area (Å²) in [7, 11) is 0. The molecular weight excluding hydrogens is 329 g/mol. The van der Waals surface area contributed by atoms with Crippen LogP contribution in [0.1, 0.15) is 30.1 Å². The fourth-order valence-corrected chi connectivity index (χ4v) is 2.73. The van der Waals surface area contributed by atoms with Gasteiger partial charge in [-0.3, -0.25) is 14.9 Å².